The number of hydrogen-bond donors (Lipinski definition) is 1. The van der Waals surface area contributed by atoms with Crippen LogP contribution in [0.1, 0.15) is 57.6 Å². The van der Waals surface area contributed by atoms with Crippen molar-refractivity contribution in [1.82, 2.24) is 4.57 Å². The smallest absolute Gasteiger partial charge is 0.341 e. The van der Waals surface area contributed by atoms with Crippen molar-refractivity contribution in [1.29, 1.82) is 0 Å². The maximum atomic E-state index is 13.7. The predicted octanol–water partition coefficient (Wildman–Crippen LogP) is 7.65. The average molecular weight is 509 g/mol. The van der Waals surface area contributed by atoms with Gasteiger partial charge in [0, 0.05) is 32.9 Å². The molecule has 182 valence electrons. The molecule has 4 aromatic rings. The van der Waals surface area contributed by atoms with Gasteiger partial charge in [-0.15, -0.1) is 11.3 Å². The summed E-state index contributed by atoms with van der Waals surface area (Å²) in [6, 6.07) is 13.7. The number of nitrogens with one attached hydrogen (secondary N) is 1. The van der Waals surface area contributed by atoms with E-state index >= 15 is 0 Å². The van der Waals surface area contributed by atoms with Gasteiger partial charge in [-0.25, -0.2) is 4.79 Å². The van der Waals surface area contributed by atoms with Crippen molar-refractivity contribution in [2.24, 2.45) is 0 Å². The molecule has 2 aromatic carbocycles. The van der Waals surface area contributed by atoms with E-state index in [2.05, 4.69) is 30.4 Å². The van der Waals surface area contributed by atoms with Crippen molar-refractivity contribution in [3.05, 3.63) is 74.7 Å². The third-order valence-electron chi connectivity index (χ3n) is 6.24. The number of halogens is 1. The highest BCUT2D eigenvalue weighted by atomic mass is 35.5. The molecule has 4 rings (SSSR count). The highest BCUT2D eigenvalue weighted by molar-refractivity contribution is 7.17. The first-order valence-corrected chi connectivity index (χ1v) is 13.0. The van der Waals surface area contributed by atoms with Crippen LogP contribution in [0.3, 0.4) is 0 Å². The lowest BCUT2D eigenvalue weighted by Gasteiger charge is -2.11. The number of esters is 1. The number of aryl methyl sites for hydroxylation is 4. The quantitative estimate of drug-likeness (QED) is 0.261. The molecule has 0 fully saturated rings. The molecule has 2 heterocycles. The number of ether oxygens (including phenoxy) is 1. The topological polar surface area (TPSA) is 60.3 Å². The fraction of sp³-hybridized carbons (Fsp3) is 0.286. The average Bonchev–Trinajstić information content (AvgIpc) is 3.32. The van der Waals surface area contributed by atoms with Gasteiger partial charge in [0.2, 0.25) is 0 Å². The minimum atomic E-state index is -0.461. The summed E-state index contributed by atoms with van der Waals surface area (Å²) in [6.07, 6.45) is 0.930. The first-order chi connectivity index (χ1) is 16.8. The second-order valence-electron chi connectivity index (χ2n) is 8.34. The number of hydrogen-bond acceptors (Lipinski definition) is 4. The number of benzene rings is 2. The number of carbonyl (C=O) groups is 2. The Morgan fingerprint density at radius 3 is 2.40 bits per heavy atom. The van der Waals surface area contributed by atoms with E-state index in [0.717, 1.165) is 38.9 Å². The van der Waals surface area contributed by atoms with Crippen molar-refractivity contribution >= 4 is 50.7 Å². The van der Waals surface area contributed by atoms with E-state index < -0.39 is 5.97 Å². The number of aromatic nitrogens is 1. The van der Waals surface area contributed by atoms with E-state index in [4.69, 9.17) is 16.3 Å². The molecular formula is C28H29ClN2O3S. The number of anilines is 1. The maximum absolute atomic E-state index is 13.7. The zero-order chi connectivity index (χ0) is 25.3. The lowest BCUT2D eigenvalue weighted by molar-refractivity contribution is 0.0529. The van der Waals surface area contributed by atoms with Gasteiger partial charge in [-0.05, 0) is 75.1 Å². The molecule has 0 unspecified atom stereocenters. The molecule has 0 aliphatic carbocycles. The lowest BCUT2D eigenvalue weighted by Crippen LogP contribution is -2.19. The normalized spacial score (nSPS) is 11.1. The summed E-state index contributed by atoms with van der Waals surface area (Å²) in [6.45, 7) is 10.7. The molecule has 0 atom stereocenters. The molecule has 0 radical (unpaired) electrons. The SMILES string of the molecule is CCOC(=O)c1c(NC(=O)c2c(C)c3cc(CC)ccc3n2CC)sc(C)c1-c1ccc(Cl)cc1. The Morgan fingerprint density at radius 2 is 1.77 bits per heavy atom. The third kappa shape index (κ3) is 4.60. The van der Waals surface area contributed by atoms with Crippen molar-refractivity contribution in [3.8, 4) is 11.1 Å². The molecule has 0 saturated heterocycles. The molecule has 1 amide bonds. The van der Waals surface area contributed by atoms with E-state index in [1.807, 2.05) is 37.5 Å². The number of amides is 1. The van der Waals surface area contributed by atoms with Crippen LogP contribution in [0, 0.1) is 13.8 Å². The zero-order valence-corrected chi connectivity index (χ0v) is 22.2. The first kappa shape index (κ1) is 25.0. The molecule has 0 spiro atoms. The molecule has 2 aromatic heterocycles. The Bertz CT molecular complexity index is 1420. The largest absolute Gasteiger partial charge is 0.462 e. The molecule has 0 bridgehead atoms. The highest BCUT2D eigenvalue weighted by Crippen LogP contribution is 2.41. The van der Waals surface area contributed by atoms with Gasteiger partial charge in [-0.3, -0.25) is 4.79 Å². The van der Waals surface area contributed by atoms with Crippen molar-refractivity contribution in [2.45, 2.75) is 47.6 Å². The van der Waals surface area contributed by atoms with E-state index in [9.17, 15) is 9.59 Å². The minimum Gasteiger partial charge on any atom is -0.462 e. The summed E-state index contributed by atoms with van der Waals surface area (Å²) in [5.74, 6) is -0.703. The first-order valence-electron chi connectivity index (χ1n) is 11.8. The van der Waals surface area contributed by atoms with Crippen molar-refractivity contribution in [2.75, 3.05) is 11.9 Å². The number of fused-ring (bicyclic) bond motifs is 1. The fourth-order valence-corrected chi connectivity index (χ4v) is 5.75. The number of nitrogens with zero attached hydrogens (tertiary/aromatic N) is 1. The van der Waals surface area contributed by atoms with Crippen LogP contribution in [0.15, 0.2) is 42.5 Å². The lowest BCUT2D eigenvalue weighted by atomic mass is 10.0. The summed E-state index contributed by atoms with van der Waals surface area (Å²) in [4.78, 5) is 27.6. The van der Waals surface area contributed by atoms with E-state index in [0.29, 0.717) is 27.8 Å². The maximum Gasteiger partial charge on any atom is 0.341 e. The van der Waals surface area contributed by atoms with Crippen LogP contribution in [0.4, 0.5) is 5.00 Å². The number of rotatable bonds is 7. The van der Waals surface area contributed by atoms with Crippen LogP contribution in [0.5, 0.6) is 0 Å². The van der Waals surface area contributed by atoms with Crippen molar-refractivity contribution < 1.29 is 14.3 Å². The minimum absolute atomic E-state index is 0.240. The molecule has 35 heavy (non-hydrogen) atoms. The molecule has 0 aliphatic heterocycles. The van der Waals surface area contributed by atoms with Crippen LogP contribution in [0.25, 0.3) is 22.0 Å². The number of carbonyl (C=O) groups excluding carboxylic acids is 2. The van der Waals surface area contributed by atoms with Gasteiger partial charge in [0.15, 0.2) is 0 Å². The van der Waals surface area contributed by atoms with Crippen molar-refractivity contribution in [3.63, 3.8) is 0 Å². The molecule has 0 saturated carbocycles. The van der Waals surface area contributed by atoms with Gasteiger partial charge in [0.1, 0.15) is 16.3 Å². The summed E-state index contributed by atoms with van der Waals surface area (Å²) in [7, 11) is 0. The monoisotopic (exact) mass is 508 g/mol. The summed E-state index contributed by atoms with van der Waals surface area (Å²) in [5.41, 5.74) is 5.76. The number of thiophene rings is 1. The Balaban J connectivity index is 1.82. The van der Waals surface area contributed by atoms with Gasteiger partial charge in [0.25, 0.3) is 5.91 Å². The van der Waals surface area contributed by atoms with E-state index in [-0.39, 0.29) is 12.5 Å². The van der Waals surface area contributed by atoms with Gasteiger partial charge in [-0.2, -0.15) is 0 Å². The standard InChI is InChI=1S/C28H29ClN2O3S/c1-6-18-9-14-22-21(15-18)16(4)25(31(22)7-2)26(32)30-27-24(28(33)34-8-3)23(17(5)35-27)19-10-12-20(29)13-11-19/h9-15H,6-8H2,1-5H3,(H,30,32). The molecule has 7 heteroatoms. The molecule has 5 nitrogen and oxygen atoms in total. The van der Waals surface area contributed by atoms with E-state index in [1.165, 1.54) is 16.9 Å². The summed E-state index contributed by atoms with van der Waals surface area (Å²) < 4.78 is 7.41. The Hall–Kier alpha value is -3.09. The van der Waals surface area contributed by atoms with Crippen LogP contribution >= 0.6 is 22.9 Å². The second-order valence-corrected chi connectivity index (χ2v) is 10.0. The summed E-state index contributed by atoms with van der Waals surface area (Å²) in [5, 5.41) is 5.22. The Kier molecular flexibility index (Phi) is 7.33. The van der Waals surface area contributed by atoms with Gasteiger partial charge < -0.3 is 14.6 Å². The Labute approximate surface area is 214 Å². The van der Waals surface area contributed by atoms with Gasteiger partial charge in [0.05, 0.1) is 6.61 Å². The van der Waals surface area contributed by atoms with Crippen LogP contribution in [-0.2, 0) is 17.7 Å². The zero-order valence-electron chi connectivity index (χ0n) is 20.6. The predicted molar refractivity (Wildman–Crippen MR) is 145 cm³/mol. The highest BCUT2D eigenvalue weighted by Gasteiger charge is 2.27. The van der Waals surface area contributed by atoms with Gasteiger partial charge in [-0.1, -0.05) is 36.7 Å². The molecular weight excluding hydrogens is 480 g/mol. The van der Waals surface area contributed by atoms with Gasteiger partial charge >= 0.3 is 5.97 Å². The van der Waals surface area contributed by atoms with Crippen LogP contribution in [0.2, 0.25) is 5.02 Å². The summed E-state index contributed by atoms with van der Waals surface area (Å²) >= 11 is 7.45. The van der Waals surface area contributed by atoms with Crippen LogP contribution in [-0.4, -0.2) is 23.1 Å². The third-order valence-corrected chi connectivity index (χ3v) is 7.52. The van der Waals surface area contributed by atoms with Crippen LogP contribution < -0.4 is 5.32 Å². The Morgan fingerprint density at radius 1 is 1.06 bits per heavy atom. The molecule has 0 aliphatic rings. The second kappa shape index (κ2) is 10.3. The molecule has 1 N–H and O–H groups in total. The van der Waals surface area contributed by atoms with E-state index in [1.54, 1.807) is 19.1 Å². The fourth-order valence-electron chi connectivity index (χ4n) is 4.57.